The van der Waals surface area contributed by atoms with Gasteiger partial charge in [-0.25, -0.2) is 0 Å². The molecular formula is C9H15N3O2S. The molecule has 0 saturated carbocycles. The Morgan fingerprint density at radius 2 is 2.00 bits per heavy atom. The molecule has 0 radical (unpaired) electrons. The fourth-order valence-electron chi connectivity index (χ4n) is 1.80. The van der Waals surface area contributed by atoms with E-state index < -0.39 is 0 Å². The SMILES string of the molecule is COC1CN(c2cc(N)ns2)CC1OC. The molecule has 1 aromatic heterocycles. The molecule has 2 rings (SSSR count). The molecule has 1 saturated heterocycles. The Labute approximate surface area is 92.9 Å². The van der Waals surface area contributed by atoms with Gasteiger partial charge in [-0.2, -0.15) is 4.37 Å². The van der Waals surface area contributed by atoms with E-state index in [1.807, 2.05) is 6.07 Å². The zero-order valence-electron chi connectivity index (χ0n) is 8.84. The number of hydrogen-bond acceptors (Lipinski definition) is 6. The fraction of sp³-hybridized carbons (Fsp3) is 0.667. The summed E-state index contributed by atoms with van der Waals surface area (Å²) < 4.78 is 14.8. The number of hydrogen-bond donors (Lipinski definition) is 1. The van der Waals surface area contributed by atoms with Crippen molar-refractivity contribution in [2.75, 3.05) is 37.9 Å². The Morgan fingerprint density at radius 3 is 2.40 bits per heavy atom. The number of nitrogen functional groups attached to an aromatic ring is 1. The lowest BCUT2D eigenvalue weighted by Gasteiger charge is -2.13. The summed E-state index contributed by atoms with van der Waals surface area (Å²) >= 11 is 1.41. The molecule has 2 atom stereocenters. The predicted octanol–water partition coefficient (Wildman–Crippen LogP) is 0.575. The first-order valence-electron chi connectivity index (χ1n) is 4.77. The average Bonchev–Trinajstić information content (AvgIpc) is 2.82. The number of methoxy groups -OCH3 is 2. The molecule has 2 heterocycles. The third-order valence-electron chi connectivity index (χ3n) is 2.65. The standard InChI is InChI=1S/C9H15N3O2S/c1-13-6-4-12(5-7(6)14-2)9-3-8(10)11-15-9/h3,6-7H,4-5H2,1-2H3,(H2,10,11). The molecule has 0 aromatic carbocycles. The first-order chi connectivity index (χ1) is 7.24. The monoisotopic (exact) mass is 229 g/mol. The second kappa shape index (κ2) is 4.34. The van der Waals surface area contributed by atoms with Crippen LogP contribution in [0.2, 0.25) is 0 Å². The molecule has 5 nitrogen and oxygen atoms in total. The van der Waals surface area contributed by atoms with Gasteiger partial charge < -0.3 is 20.1 Å². The van der Waals surface area contributed by atoms with Gasteiger partial charge in [0.15, 0.2) is 0 Å². The Balaban J connectivity index is 2.07. The molecule has 1 fully saturated rings. The van der Waals surface area contributed by atoms with E-state index in [0.717, 1.165) is 18.1 Å². The largest absolute Gasteiger partial charge is 0.383 e. The van der Waals surface area contributed by atoms with Crippen LogP contribution in [0, 0.1) is 0 Å². The number of nitrogens with two attached hydrogens (primary N) is 1. The van der Waals surface area contributed by atoms with Crippen LogP contribution < -0.4 is 10.6 Å². The third kappa shape index (κ3) is 2.06. The quantitative estimate of drug-likeness (QED) is 0.821. The van der Waals surface area contributed by atoms with Gasteiger partial charge in [-0.15, -0.1) is 0 Å². The smallest absolute Gasteiger partial charge is 0.139 e. The Kier molecular flexibility index (Phi) is 3.08. The van der Waals surface area contributed by atoms with Crippen molar-refractivity contribution in [1.29, 1.82) is 0 Å². The lowest BCUT2D eigenvalue weighted by Crippen LogP contribution is -2.27. The van der Waals surface area contributed by atoms with Crippen LogP contribution in [-0.4, -0.2) is 43.9 Å². The van der Waals surface area contributed by atoms with Crippen molar-refractivity contribution >= 4 is 22.4 Å². The van der Waals surface area contributed by atoms with Crippen LogP contribution in [0.25, 0.3) is 0 Å². The molecule has 1 aromatic rings. The minimum absolute atomic E-state index is 0.123. The van der Waals surface area contributed by atoms with Crippen molar-refractivity contribution in [3.05, 3.63) is 6.07 Å². The molecule has 1 aliphatic heterocycles. The van der Waals surface area contributed by atoms with E-state index in [1.54, 1.807) is 14.2 Å². The van der Waals surface area contributed by atoms with Crippen LogP contribution in [0.5, 0.6) is 0 Å². The Bertz CT molecular complexity index is 319. The highest BCUT2D eigenvalue weighted by Crippen LogP contribution is 2.28. The number of anilines is 2. The van der Waals surface area contributed by atoms with Crippen LogP contribution in [0.1, 0.15) is 0 Å². The van der Waals surface area contributed by atoms with E-state index in [0.29, 0.717) is 5.82 Å². The van der Waals surface area contributed by atoms with Gasteiger partial charge in [0.1, 0.15) is 23.0 Å². The van der Waals surface area contributed by atoms with E-state index in [4.69, 9.17) is 15.2 Å². The molecule has 15 heavy (non-hydrogen) atoms. The van der Waals surface area contributed by atoms with E-state index in [-0.39, 0.29) is 12.2 Å². The first-order valence-corrected chi connectivity index (χ1v) is 5.54. The number of ether oxygens (including phenoxy) is 2. The van der Waals surface area contributed by atoms with E-state index >= 15 is 0 Å². The minimum Gasteiger partial charge on any atom is -0.383 e. The van der Waals surface area contributed by atoms with Crippen LogP contribution in [0.4, 0.5) is 10.8 Å². The molecule has 2 unspecified atom stereocenters. The number of aromatic nitrogens is 1. The van der Waals surface area contributed by atoms with Crippen molar-refractivity contribution in [3.63, 3.8) is 0 Å². The topological polar surface area (TPSA) is 60.6 Å². The van der Waals surface area contributed by atoms with Crippen molar-refractivity contribution in [2.45, 2.75) is 12.2 Å². The van der Waals surface area contributed by atoms with Crippen molar-refractivity contribution in [1.82, 2.24) is 4.37 Å². The van der Waals surface area contributed by atoms with Gasteiger partial charge in [0.05, 0.1) is 0 Å². The summed E-state index contributed by atoms with van der Waals surface area (Å²) in [5, 5.41) is 1.08. The van der Waals surface area contributed by atoms with Gasteiger partial charge in [0.25, 0.3) is 0 Å². The summed E-state index contributed by atoms with van der Waals surface area (Å²) in [7, 11) is 3.42. The highest BCUT2D eigenvalue weighted by Gasteiger charge is 2.33. The summed E-state index contributed by atoms with van der Waals surface area (Å²) in [5.74, 6) is 0.574. The molecule has 0 amide bonds. The maximum Gasteiger partial charge on any atom is 0.139 e. The molecule has 84 valence electrons. The summed E-state index contributed by atoms with van der Waals surface area (Å²) in [6, 6.07) is 1.88. The normalized spacial score (nSPS) is 26.1. The average molecular weight is 229 g/mol. The Morgan fingerprint density at radius 1 is 1.40 bits per heavy atom. The maximum absolute atomic E-state index is 5.59. The molecule has 6 heteroatoms. The van der Waals surface area contributed by atoms with Crippen LogP contribution in [0.15, 0.2) is 6.07 Å². The van der Waals surface area contributed by atoms with Crippen molar-refractivity contribution in [2.24, 2.45) is 0 Å². The fourth-order valence-corrected chi connectivity index (χ4v) is 2.49. The van der Waals surface area contributed by atoms with Gasteiger partial charge >= 0.3 is 0 Å². The van der Waals surface area contributed by atoms with Crippen molar-refractivity contribution in [3.8, 4) is 0 Å². The first kappa shape index (κ1) is 10.7. The second-order valence-electron chi connectivity index (χ2n) is 3.54. The molecule has 0 aliphatic carbocycles. The predicted molar refractivity (Wildman–Crippen MR) is 60.3 cm³/mol. The van der Waals surface area contributed by atoms with Crippen LogP contribution in [0.3, 0.4) is 0 Å². The lowest BCUT2D eigenvalue weighted by molar-refractivity contribution is -0.00461. The molecule has 0 spiro atoms. The summed E-state index contributed by atoms with van der Waals surface area (Å²) in [5.41, 5.74) is 5.59. The number of nitrogens with zero attached hydrogens (tertiary/aromatic N) is 2. The van der Waals surface area contributed by atoms with Gasteiger partial charge in [-0.1, -0.05) is 0 Å². The lowest BCUT2D eigenvalue weighted by atomic mass is 10.3. The highest BCUT2D eigenvalue weighted by atomic mass is 32.1. The van der Waals surface area contributed by atoms with E-state index in [1.165, 1.54) is 11.5 Å². The van der Waals surface area contributed by atoms with Gasteiger partial charge in [-0.05, 0) is 11.5 Å². The third-order valence-corrected chi connectivity index (χ3v) is 3.51. The molecule has 0 bridgehead atoms. The minimum atomic E-state index is 0.123. The molecular weight excluding hydrogens is 214 g/mol. The zero-order valence-corrected chi connectivity index (χ0v) is 9.66. The van der Waals surface area contributed by atoms with Crippen molar-refractivity contribution < 1.29 is 9.47 Å². The maximum atomic E-state index is 5.59. The summed E-state index contributed by atoms with van der Waals surface area (Å²) in [6.45, 7) is 1.66. The van der Waals surface area contributed by atoms with E-state index in [9.17, 15) is 0 Å². The second-order valence-corrected chi connectivity index (χ2v) is 4.33. The van der Waals surface area contributed by atoms with Crippen LogP contribution >= 0.6 is 11.5 Å². The molecule has 1 aliphatic rings. The van der Waals surface area contributed by atoms with Gasteiger partial charge in [0.2, 0.25) is 0 Å². The van der Waals surface area contributed by atoms with E-state index in [2.05, 4.69) is 9.27 Å². The van der Waals surface area contributed by atoms with Gasteiger partial charge in [-0.3, -0.25) is 0 Å². The Hall–Kier alpha value is -0.850. The zero-order chi connectivity index (χ0) is 10.8. The van der Waals surface area contributed by atoms with Gasteiger partial charge in [0, 0.05) is 33.4 Å². The number of rotatable bonds is 3. The summed E-state index contributed by atoms with van der Waals surface area (Å²) in [6.07, 6.45) is 0.247. The highest BCUT2D eigenvalue weighted by molar-refractivity contribution is 7.10. The molecule has 2 N–H and O–H groups in total. The summed E-state index contributed by atoms with van der Waals surface area (Å²) in [4.78, 5) is 2.19. The van der Waals surface area contributed by atoms with Crippen LogP contribution in [-0.2, 0) is 9.47 Å².